The van der Waals surface area contributed by atoms with Crippen LogP contribution in [0.3, 0.4) is 0 Å². The number of nitrogens with zero attached hydrogens (tertiary/aromatic N) is 2. The van der Waals surface area contributed by atoms with Crippen LogP contribution in [-0.4, -0.2) is 49.9 Å². The molecular weight excluding hydrogens is 243 g/mol. The van der Waals surface area contributed by atoms with Crippen molar-refractivity contribution in [2.75, 3.05) is 26.2 Å². The molecule has 0 aromatic heterocycles. The van der Waals surface area contributed by atoms with Gasteiger partial charge in [0, 0.05) is 24.8 Å². The van der Waals surface area contributed by atoms with Crippen LogP contribution in [0, 0.1) is 0 Å². The van der Waals surface area contributed by atoms with Crippen LogP contribution in [0.2, 0.25) is 0 Å². The lowest BCUT2D eigenvalue weighted by Crippen LogP contribution is -2.43. The smallest absolute Gasteiger partial charge is 0.113 e. The largest absolute Gasteiger partial charge is 0.371 e. The Labute approximate surface area is 123 Å². The maximum atomic E-state index is 5.86. The zero-order valence-electron chi connectivity index (χ0n) is 12.2. The Morgan fingerprint density at radius 1 is 1.10 bits per heavy atom. The first kappa shape index (κ1) is 13.8. The zero-order chi connectivity index (χ0) is 13.9. The summed E-state index contributed by atoms with van der Waals surface area (Å²) in [6.45, 7) is 9.12. The lowest BCUT2D eigenvalue weighted by atomic mass is 9.93. The highest BCUT2D eigenvalue weighted by Crippen LogP contribution is 2.25. The fourth-order valence-electron chi connectivity index (χ4n) is 3.51. The van der Waals surface area contributed by atoms with E-state index in [0.717, 1.165) is 35.9 Å². The molecule has 0 bridgehead atoms. The van der Waals surface area contributed by atoms with E-state index in [-0.39, 0.29) is 0 Å². The van der Waals surface area contributed by atoms with E-state index in [9.17, 15) is 0 Å². The third kappa shape index (κ3) is 2.93. The van der Waals surface area contributed by atoms with Crippen LogP contribution in [0.4, 0.5) is 0 Å². The van der Waals surface area contributed by atoms with Gasteiger partial charge in [0.15, 0.2) is 0 Å². The fourth-order valence-corrected chi connectivity index (χ4v) is 3.51. The summed E-state index contributed by atoms with van der Waals surface area (Å²) in [6, 6.07) is 8.85. The van der Waals surface area contributed by atoms with Gasteiger partial charge in [-0.25, -0.2) is 0 Å². The summed E-state index contributed by atoms with van der Waals surface area (Å²) in [7, 11) is 5.86. The van der Waals surface area contributed by atoms with E-state index < -0.39 is 0 Å². The predicted molar refractivity (Wildman–Crippen MR) is 86.3 cm³/mol. The molecule has 0 spiro atoms. The van der Waals surface area contributed by atoms with Gasteiger partial charge in [0.05, 0.1) is 0 Å². The third-order valence-corrected chi connectivity index (χ3v) is 4.72. The molecule has 2 nitrogen and oxygen atoms in total. The van der Waals surface area contributed by atoms with Gasteiger partial charge in [-0.2, -0.15) is 0 Å². The second kappa shape index (κ2) is 6.05. The van der Waals surface area contributed by atoms with Crippen LogP contribution >= 0.6 is 0 Å². The molecule has 0 unspecified atom stereocenters. The van der Waals surface area contributed by atoms with Gasteiger partial charge in [0.2, 0.25) is 0 Å². The van der Waals surface area contributed by atoms with Gasteiger partial charge in [-0.1, -0.05) is 36.3 Å². The molecule has 3 heteroatoms. The topological polar surface area (TPSA) is 6.48 Å². The SMILES string of the molecule is [B]c1cccc(C(=C)N2CCC(N3CCCC3)CC2)c1. The second-order valence-corrected chi connectivity index (χ2v) is 6.03. The van der Waals surface area contributed by atoms with Crippen LogP contribution in [0.15, 0.2) is 30.8 Å². The zero-order valence-corrected chi connectivity index (χ0v) is 12.2. The minimum absolute atomic E-state index is 0.794. The van der Waals surface area contributed by atoms with E-state index in [4.69, 9.17) is 7.85 Å². The summed E-state index contributed by atoms with van der Waals surface area (Å²) in [5, 5.41) is 0. The molecule has 2 aliphatic heterocycles. The van der Waals surface area contributed by atoms with Gasteiger partial charge >= 0.3 is 0 Å². The summed E-state index contributed by atoms with van der Waals surface area (Å²) < 4.78 is 0. The summed E-state index contributed by atoms with van der Waals surface area (Å²) in [6.07, 6.45) is 5.30. The molecule has 2 fully saturated rings. The second-order valence-electron chi connectivity index (χ2n) is 6.03. The highest BCUT2D eigenvalue weighted by atomic mass is 15.2. The Morgan fingerprint density at radius 3 is 2.45 bits per heavy atom. The molecule has 0 amide bonds. The average Bonchev–Trinajstić information content (AvgIpc) is 3.01. The minimum Gasteiger partial charge on any atom is -0.371 e. The molecule has 2 saturated heterocycles. The van der Waals surface area contributed by atoms with E-state index in [0.29, 0.717) is 0 Å². The molecule has 1 aromatic carbocycles. The van der Waals surface area contributed by atoms with E-state index in [1.165, 1.54) is 38.8 Å². The molecule has 0 saturated carbocycles. The average molecular weight is 266 g/mol. The Balaban J connectivity index is 1.58. The summed E-state index contributed by atoms with van der Waals surface area (Å²) in [5.41, 5.74) is 3.09. The molecule has 1 aromatic rings. The van der Waals surface area contributed by atoms with E-state index >= 15 is 0 Å². The van der Waals surface area contributed by atoms with Crippen molar-refractivity contribution in [3.63, 3.8) is 0 Å². The van der Waals surface area contributed by atoms with Gasteiger partial charge in [-0.3, -0.25) is 0 Å². The first-order chi connectivity index (χ1) is 9.74. The summed E-state index contributed by atoms with van der Waals surface area (Å²) in [4.78, 5) is 5.10. The van der Waals surface area contributed by atoms with E-state index in [1.54, 1.807) is 0 Å². The van der Waals surface area contributed by atoms with Crippen LogP contribution in [0.25, 0.3) is 5.70 Å². The first-order valence-electron chi connectivity index (χ1n) is 7.78. The van der Waals surface area contributed by atoms with Crippen molar-refractivity contribution in [3.05, 3.63) is 36.4 Å². The standard InChI is InChI=1S/C17H23BN2/c1-14(15-5-4-6-16(18)13-15)19-11-7-17(8-12-19)20-9-2-3-10-20/h4-6,13,17H,1-3,7-12H2. The Morgan fingerprint density at radius 2 is 1.80 bits per heavy atom. The number of hydrogen-bond donors (Lipinski definition) is 0. The highest BCUT2D eigenvalue weighted by molar-refractivity contribution is 6.32. The van der Waals surface area contributed by atoms with Crippen LogP contribution in [-0.2, 0) is 0 Å². The molecule has 2 radical (unpaired) electrons. The lowest BCUT2D eigenvalue weighted by molar-refractivity contribution is 0.159. The molecule has 0 N–H and O–H groups in total. The Hall–Kier alpha value is -1.22. The molecule has 0 atom stereocenters. The normalized spacial score (nSPS) is 21.3. The van der Waals surface area contributed by atoms with Gasteiger partial charge < -0.3 is 9.80 Å². The quantitative estimate of drug-likeness (QED) is 0.772. The monoisotopic (exact) mass is 266 g/mol. The van der Waals surface area contributed by atoms with Crippen molar-refractivity contribution in [3.8, 4) is 0 Å². The predicted octanol–water partition coefficient (Wildman–Crippen LogP) is 2.01. The fraction of sp³-hybridized carbons (Fsp3) is 0.529. The van der Waals surface area contributed by atoms with Crippen molar-refractivity contribution < 1.29 is 0 Å². The van der Waals surface area contributed by atoms with Gasteiger partial charge in [-0.15, -0.1) is 0 Å². The molecule has 0 aliphatic carbocycles. The highest BCUT2D eigenvalue weighted by Gasteiger charge is 2.26. The van der Waals surface area contributed by atoms with Gasteiger partial charge in [0.1, 0.15) is 7.85 Å². The molecule has 2 aliphatic rings. The number of hydrogen-bond acceptors (Lipinski definition) is 2. The maximum Gasteiger partial charge on any atom is 0.113 e. The van der Waals surface area contributed by atoms with Crippen molar-refractivity contribution >= 4 is 19.0 Å². The van der Waals surface area contributed by atoms with Crippen molar-refractivity contribution in [1.82, 2.24) is 9.80 Å². The molecule has 104 valence electrons. The number of rotatable bonds is 3. The lowest BCUT2D eigenvalue weighted by Gasteiger charge is -2.38. The van der Waals surface area contributed by atoms with Crippen molar-refractivity contribution in [2.45, 2.75) is 31.7 Å². The van der Waals surface area contributed by atoms with E-state index in [1.807, 2.05) is 18.2 Å². The number of likely N-dealkylation sites (tertiary alicyclic amines) is 2. The van der Waals surface area contributed by atoms with Crippen molar-refractivity contribution in [2.24, 2.45) is 0 Å². The Kier molecular flexibility index (Phi) is 4.16. The number of benzene rings is 1. The van der Waals surface area contributed by atoms with Crippen LogP contribution in [0.1, 0.15) is 31.2 Å². The summed E-state index contributed by atoms with van der Waals surface area (Å²) >= 11 is 0. The van der Waals surface area contributed by atoms with Gasteiger partial charge in [0.25, 0.3) is 0 Å². The van der Waals surface area contributed by atoms with Gasteiger partial charge in [-0.05, 0) is 44.3 Å². The Bertz CT molecular complexity index is 472. The van der Waals surface area contributed by atoms with Crippen LogP contribution in [0.5, 0.6) is 0 Å². The van der Waals surface area contributed by atoms with Crippen LogP contribution < -0.4 is 5.46 Å². The summed E-state index contributed by atoms with van der Waals surface area (Å²) in [5.74, 6) is 0. The number of piperidine rings is 1. The first-order valence-corrected chi connectivity index (χ1v) is 7.78. The molecule has 20 heavy (non-hydrogen) atoms. The van der Waals surface area contributed by atoms with E-state index in [2.05, 4.69) is 22.4 Å². The third-order valence-electron chi connectivity index (χ3n) is 4.72. The molecule has 3 rings (SSSR count). The maximum absolute atomic E-state index is 5.86. The molecule has 2 heterocycles. The molecular formula is C17H23BN2. The van der Waals surface area contributed by atoms with Crippen molar-refractivity contribution in [1.29, 1.82) is 0 Å². The minimum atomic E-state index is 0.794.